The molecule has 0 aromatic carbocycles. The van der Waals surface area contributed by atoms with Crippen LogP contribution in [0.25, 0.3) is 0 Å². The topological polar surface area (TPSA) is 64.7 Å². The Morgan fingerprint density at radius 1 is 1.25 bits per heavy atom. The van der Waals surface area contributed by atoms with Crippen LogP contribution in [0.1, 0.15) is 20.3 Å². The van der Waals surface area contributed by atoms with Crippen LogP contribution in [-0.2, 0) is 8.85 Å². The van der Waals surface area contributed by atoms with Crippen LogP contribution in [0.15, 0.2) is 0 Å². The zero-order chi connectivity index (χ0) is 9.45. The third-order valence-electron chi connectivity index (χ3n) is 1.63. The Balaban J connectivity index is 3.80. The molecule has 0 heterocycles. The van der Waals surface area contributed by atoms with Crippen molar-refractivity contribution in [3.05, 3.63) is 0 Å². The van der Waals surface area contributed by atoms with Crippen molar-refractivity contribution in [2.24, 2.45) is 5.73 Å². The van der Waals surface area contributed by atoms with E-state index in [1.807, 2.05) is 13.8 Å². The number of rotatable bonds is 7. The van der Waals surface area contributed by atoms with Gasteiger partial charge in [-0.3, -0.25) is 0 Å². The maximum absolute atomic E-state index is 9.81. The van der Waals surface area contributed by atoms with Crippen LogP contribution < -0.4 is 5.73 Å². The molecule has 0 saturated heterocycles. The molecule has 0 rings (SSSR count). The Bertz CT molecular complexity index is 107. The van der Waals surface area contributed by atoms with Gasteiger partial charge in [-0.15, -0.1) is 0 Å². The molecule has 4 nitrogen and oxygen atoms in total. The van der Waals surface area contributed by atoms with Gasteiger partial charge in [0.1, 0.15) is 0 Å². The molecule has 0 unspecified atom stereocenters. The van der Waals surface area contributed by atoms with Crippen LogP contribution in [0.5, 0.6) is 0 Å². The molecule has 0 aromatic heterocycles. The van der Waals surface area contributed by atoms with Gasteiger partial charge in [-0.05, 0) is 0 Å². The summed E-state index contributed by atoms with van der Waals surface area (Å²) in [6.45, 7) is 5.29. The van der Waals surface area contributed by atoms with Crippen LogP contribution >= 0.6 is 0 Å². The first-order valence-electron chi connectivity index (χ1n) is 4.54. The Morgan fingerprint density at radius 2 is 1.75 bits per heavy atom. The molecule has 0 fully saturated rings. The van der Waals surface area contributed by atoms with Crippen molar-refractivity contribution in [2.45, 2.75) is 26.3 Å². The predicted octanol–water partition coefficient (Wildman–Crippen LogP) is 0.0717. The Kier molecular flexibility index (Phi) is 6.59. The second-order valence-electron chi connectivity index (χ2n) is 2.66. The van der Waals surface area contributed by atoms with Crippen molar-refractivity contribution in [1.82, 2.24) is 0 Å². The zero-order valence-corrected chi connectivity index (χ0v) is 9.11. The molecule has 0 aliphatic carbocycles. The zero-order valence-electron chi connectivity index (χ0n) is 7.95. The van der Waals surface area contributed by atoms with E-state index < -0.39 is 8.80 Å². The molecular weight excluding hydrogens is 174 g/mol. The number of hydrogen-bond acceptors (Lipinski definition) is 4. The molecule has 0 amide bonds. The van der Waals surface area contributed by atoms with E-state index in [0.717, 1.165) is 6.42 Å². The summed E-state index contributed by atoms with van der Waals surface area (Å²) in [7, 11) is -3.13. The van der Waals surface area contributed by atoms with Crippen LogP contribution in [0.4, 0.5) is 0 Å². The normalized spacial score (nSPS) is 13.3. The quantitative estimate of drug-likeness (QED) is 0.563. The molecule has 3 N–H and O–H groups in total. The second-order valence-corrected chi connectivity index (χ2v) is 5.55. The van der Waals surface area contributed by atoms with Crippen LogP contribution in [0, 0.1) is 0 Å². The third kappa shape index (κ3) is 4.84. The van der Waals surface area contributed by atoms with Gasteiger partial charge < -0.3 is 0 Å². The van der Waals surface area contributed by atoms with Gasteiger partial charge in [-0.2, -0.15) is 0 Å². The standard InChI is InChI=1S/C7H20NO3Si/c1-3-10-12(9,11-4-2)7-5-6-8/h9,12H,3-8H2,1-2H3/q-1. The van der Waals surface area contributed by atoms with E-state index in [9.17, 15) is 4.80 Å². The van der Waals surface area contributed by atoms with E-state index in [1.165, 1.54) is 0 Å². The van der Waals surface area contributed by atoms with E-state index in [1.54, 1.807) is 0 Å². The minimum absolute atomic E-state index is 0.506. The van der Waals surface area contributed by atoms with Gasteiger partial charge in [0.25, 0.3) is 0 Å². The molecule has 76 valence electrons. The molecule has 0 aromatic rings. The van der Waals surface area contributed by atoms with Gasteiger partial charge in [-0.25, -0.2) is 0 Å². The van der Waals surface area contributed by atoms with E-state index in [-0.39, 0.29) is 0 Å². The molecule has 0 spiro atoms. The van der Waals surface area contributed by atoms with Crippen LogP contribution in [0.3, 0.4) is 0 Å². The predicted molar refractivity (Wildman–Crippen MR) is 51.1 cm³/mol. The summed E-state index contributed by atoms with van der Waals surface area (Å²) < 4.78 is 10.4. The van der Waals surface area contributed by atoms with E-state index >= 15 is 0 Å². The Labute approximate surface area is 75.0 Å². The summed E-state index contributed by atoms with van der Waals surface area (Å²) in [6.07, 6.45) is 0.765. The number of nitrogens with two attached hydrogens (primary N) is 1. The van der Waals surface area contributed by atoms with Crippen molar-refractivity contribution in [3.63, 3.8) is 0 Å². The van der Waals surface area contributed by atoms with Crippen molar-refractivity contribution in [2.75, 3.05) is 19.8 Å². The maximum atomic E-state index is 9.81. The van der Waals surface area contributed by atoms with Crippen molar-refractivity contribution in [3.8, 4) is 0 Å². The summed E-state index contributed by atoms with van der Waals surface area (Å²) in [5.41, 5.74) is 5.33. The van der Waals surface area contributed by atoms with E-state index in [2.05, 4.69) is 0 Å². The first-order chi connectivity index (χ1) is 5.68. The van der Waals surface area contributed by atoms with E-state index in [0.29, 0.717) is 25.8 Å². The summed E-state index contributed by atoms with van der Waals surface area (Å²) in [4.78, 5) is 9.81. The van der Waals surface area contributed by atoms with Gasteiger partial charge in [0.2, 0.25) is 0 Å². The van der Waals surface area contributed by atoms with Gasteiger partial charge in [0.15, 0.2) is 0 Å². The molecule has 0 saturated carbocycles. The molecule has 5 heteroatoms. The molecule has 12 heavy (non-hydrogen) atoms. The summed E-state index contributed by atoms with van der Waals surface area (Å²) >= 11 is 0. The monoisotopic (exact) mass is 194 g/mol. The summed E-state index contributed by atoms with van der Waals surface area (Å²) in [6, 6.07) is 0.588. The van der Waals surface area contributed by atoms with Crippen molar-refractivity contribution in [1.29, 1.82) is 0 Å². The average molecular weight is 194 g/mol. The molecule has 0 atom stereocenters. The molecular formula is C7H20NO3Si-. The summed E-state index contributed by atoms with van der Waals surface area (Å²) in [5.74, 6) is 0. The van der Waals surface area contributed by atoms with Gasteiger partial charge in [0, 0.05) is 0 Å². The molecule has 0 aliphatic heterocycles. The molecule has 0 radical (unpaired) electrons. The first kappa shape index (κ1) is 12.1. The number of hydrogen-bond donors (Lipinski definition) is 2. The third-order valence-corrected chi connectivity index (χ3v) is 4.47. The second kappa shape index (κ2) is 6.56. The fourth-order valence-corrected chi connectivity index (χ4v) is 3.33. The van der Waals surface area contributed by atoms with Gasteiger partial charge in [0.05, 0.1) is 0 Å². The SMILES string of the molecule is CCO[SiH-](O)(CCCN)OCC. The molecule has 0 aliphatic rings. The Morgan fingerprint density at radius 3 is 2.08 bits per heavy atom. The van der Waals surface area contributed by atoms with E-state index in [4.69, 9.17) is 14.6 Å². The molecule has 0 bridgehead atoms. The van der Waals surface area contributed by atoms with Crippen molar-refractivity contribution < 1.29 is 13.6 Å². The van der Waals surface area contributed by atoms with Crippen molar-refractivity contribution >= 4 is 8.80 Å². The summed E-state index contributed by atoms with van der Waals surface area (Å²) in [5, 5.41) is 0. The van der Waals surface area contributed by atoms with Crippen LogP contribution in [-0.4, -0.2) is 33.4 Å². The average Bonchev–Trinajstić information content (AvgIpc) is 2.02. The fraction of sp³-hybridized carbons (Fsp3) is 1.00. The minimum atomic E-state index is -3.13. The first-order valence-corrected chi connectivity index (χ1v) is 6.81. The van der Waals surface area contributed by atoms with Gasteiger partial charge in [-0.1, -0.05) is 0 Å². The van der Waals surface area contributed by atoms with Crippen LogP contribution in [0.2, 0.25) is 6.04 Å². The van der Waals surface area contributed by atoms with Gasteiger partial charge >= 0.3 is 74.3 Å². The Hall–Kier alpha value is 0.0569. The fourth-order valence-electron chi connectivity index (χ4n) is 1.11.